The van der Waals surface area contributed by atoms with Crippen molar-refractivity contribution in [3.05, 3.63) is 64.7 Å². The van der Waals surface area contributed by atoms with Crippen LogP contribution in [0.1, 0.15) is 45.8 Å². The van der Waals surface area contributed by atoms with Gasteiger partial charge in [-0.15, -0.1) is 0 Å². The largest absolute Gasteiger partial charge is 0.369 e. The van der Waals surface area contributed by atoms with Crippen molar-refractivity contribution in [3.8, 4) is 0 Å². The minimum absolute atomic E-state index is 0.0560. The van der Waals surface area contributed by atoms with E-state index in [2.05, 4.69) is 6.07 Å². The van der Waals surface area contributed by atoms with Crippen molar-refractivity contribution < 1.29 is 9.59 Å². The number of nitrogens with two attached hydrogens (primary N) is 1. The first kappa shape index (κ1) is 14.9. The van der Waals surface area contributed by atoms with Gasteiger partial charge in [0.05, 0.1) is 5.92 Å². The summed E-state index contributed by atoms with van der Waals surface area (Å²) in [6.07, 6.45) is 4.54. The van der Waals surface area contributed by atoms with E-state index < -0.39 is 5.92 Å². The zero-order valence-corrected chi connectivity index (χ0v) is 13.5. The smallest absolute Gasteiger partial charge is 0.258 e. The molecular formula is C20H20N2O2. The van der Waals surface area contributed by atoms with Crippen LogP contribution in [-0.4, -0.2) is 18.4 Å². The number of hydrogen-bond donors (Lipinski definition) is 1. The quantitative estimate of drug-likeness (QED) is 0.925. The van der Waals surface area contributed by atoms with Crippen molar-refractivity contribution in [3.63, 3.8) is 0 Å². The lowest BCUT2D eigenvalue weighted by Crippen LogP contribution is -2.33. The second kappa shape index (κ2) is 5.78. The van der Waals surface area contributed by atoms with E-state index in [-0.39, 0.29) is 11.8 Å². The van der Waals surface area contributed by atoms with Crippen molar-refractivity contribution in [1.29, 1.82) is 0 Å². The number of carbonyl (C=O) groups excluding carboxylic acids is 2. The number of carbonyl (C=O) groups is 2. The van der Waals surface area contributed by atoms with Crippen LogP contribution in [-0.2, 0) is 17.6 Å². The van der Waals surface area contributed by atoms with Gasteiger partial charge in [0.1, 0.15) is 0 Å². The van der Waals surface area contributed by atoms with E-state index in [1.165, 1.54) is 24.0 Å². The van der Waals surface area contributed by atoms with Crippen LogP contribution in [0.4, 0.5) is 5.69 Å². The first-order chi connectivity index (χ1) is 11.6. The van der Waals surface area contributed by atoms with Gasteiger partial charge in [0.2, 0.25) is 5.91 Å². The number of nitrogens with zero attached hydrogens (tertiary/aromatic N) is 1. The molecule has 2 aromatic rings. The normalized spacial score (nSPS) is 18.8. The van der Waals surface area contributed by atoms with Gasteiger partial charge in [0.25, 0.3) is 5.91 Å². The lowest BCUT2D eigenvalue weighted by Gasteiger charge is -2.20. The van der Waals surface area contributed by atoms with Crippen LogP contribution in [0.25, 0.3) is 0 Å². The van der Waals surface area contributed by atoms with E-state index in [4.69, 9.17) is 5.73 Å². The fourth-order valence-electron chi connectivity index (χ4n) is 3.87. The topological polar surface area (TPSA) is 63.4 Å². The van der Waals surface area contributed by atoms with Gasteiger partial charge in [0.15, 0.2) is 0 Å². The Morgan fingerprint density at radius 2 is 1.75 bits per heavy atom. The number of anilines is 1. The highest BCUT2D eigenvalue weighted by molar-refractivity contribution is 6.09. The molecular weight excluding hydrogens is 300 g/mol. The average molecular weight is 320 g/mol. The molecule has 24 heavy (non-hydrogen) atoms. The highest BCUT2D eigenvalue weighted by Crippen LogP contribution is 2.37. The average Bonchev–Trinajstić information content (AvgIpc) is 3.00. The number of rotatable bonds is 2. The molecule has 0 saturated carbocycles. The molecule has 4 rings (SSSR count). The van der Waals surface area contributed by atoms with Gasteiger partial charge in [0, 0.05) is 17.8 Å². The van der Waals surface area contributed by atoms with Crippen molar-refractivity contribution in [2.24, 2.45) is 5.73 Å². The molecule has 0 fully saturated rings. The Morgan fingerprint density at radius 3 is 2.54 bits per heavy atom. The predicted octanol–water partition coefficient (Wildman–Crippen LogP) is 2.79. The molecule has 2 N–H and O–H groups in total. The molecule has 0 saturated heterocycles. The second-order valence-electron chi connectivity index (χ2n) is 6.62. The minimum Gasteiger partial charge on any atom is -0.369 e. The molecule has 0 radical (unpaired) electrons. The van der Waals surface area contributed by atoms with Gasteiger partial charge in [-0.25, -0.2) is 0 Å². The third-order valence-electron chi connectivity index (χ3n) is 5.15. The molecule has 2 aliphatic rings. The summed E-state index contributed by atoms with van der Waals surface area (Å²) in [5.41, 5.74) is 10.5. The molecule has 1 aliphatic carbocycles. The summed E-state index contributed by atoms with van der Waals surface area (Å²) in [7, 11) is 0. The third kappa shape index (κ3) is 2.39. The number of aryl methyl sites for hydroxylation is 2. The van der Waals surface area contributed by atoms with Gasteiger partial charge in [-0.2, -0.15) is 0 Å². The summed E-state index contributed by atoms with van der Waals surface area (Å²) in [6, 6.07) is 13.5. The maximum absolute atomic E-state index is 13.0. The SMILES string of the molecule is NC(=O)C1CN(C(=O)c2ccc3c(c2)CCCC3)c2ccccc21. The molecule has 122 valence electrons. The van der Waals surface area contributed by atoms with Gasteiger partial charge < -0.3 is 10.6 Å². The van der Waals surface area contributed by atoms with Crippen molar-refractivity contribution in [2.45, 2.75) is 31.6 Å². The fourth-order valence-corrected chi connectivity index (χ4v) is 3.87. The van der Waals surface area contributed by atoms with E-state index in [0.717, 1.165) is 24.1 Å². The van der Waals surface area contributed by atoms with Crippen LogP contribution in [0, 0.1) is 0 Å². The molecule has 1 aliphatic heterocycles. The second-order valence-corrected chi connectivity index (χ2v) is 6.62. The van der Waals surface area contributed by atoms with Crippen molar-refractivity contribution >= 4 is 17.5 Å². The monoisotopic (exact) mass is 320 g/mol. The summed E-state index contributed by atoms with van der Waals surface area (Å²) >= 11 is 0. The van der Waals surface area contributed by atoms with Gasteiger partial charge in [-0.1, -0.05) is 24.3 Å². The summed E-state index contributed by atoms with van der Waals surface area (Å²) in [6.45, 7) is 0.324. The van der Waals surface area contributed by atoms with Gasteiger partial charge in [-0.05, 0) is 60.6 Å². The highest BCUT2D eigenvalue weighted by atomic mass is 16.2. The summed E-state index contributed by atoms with van der Waals surface area (Å²) < 4.78 is 0. The molecule has 1 atom stereocenters. The van der Waals surface area contributed by atoms with Crippen LogP contribution in [0.2, 0.25) is 0 Å². The van der Waals surface area contributed by atoms with Crippen LogP contribution in [0.15, 0.2) is 42.5 Å². The summed E-state index contributed by atoms with van der Waals surface area (Å²) in [5.74, 6) is -0.870. The molecule has 2 aromatic carbocycles. The molecule has 4 nitrogen and oxygen atoms in total. The number of primary amides is 1. The Bertz CT molecular complexity index is 828. The zero-order valence-electron chi connectivity index (χ0n) is 13.5. The van der Waals surface area contributed by atoms with Crippen LogP contribution in [0.5, 0.6) is 0 Å². The van der Waals surface area contributed by atoms with Gasteiger partial charge in [-0.3, -0.25) is 9.59 Å². The molecule has 1 heterocycles. The molecule has 0 aromatic heterocycles. The maximum Gasteiger partial charge on any atom is 0.258 e. The number of para-hydroxylation sites is 1. The Labute approximate surface area is 141 Å². The van der Waals surface area contributed by atoms with Crippen molar-refractivity contribution in [1.82, 2.24) is 0 Å². The van der Waals surface area contributed by atoms with Crippen LogP contribution < -0.4 is 10.6 Å². The molecule has 4 heteroatoms. The Kier molecular flexibility index (Phi) is 3.60. The lowest BCUT2D eigenvalue weighted by molar-refractivity contribution is -0.119. The van der Waals surface area contributed by atoms with E-state index in [9.17, 15) is 9.59 Å². The predicted molar refractivity (Wildman–Crippen MR) is 93.1 cm³/mol. The van der Waals surface area contributed by atoms with E-state index in [1.54, 1.807) is 4.90 Å². The Balaban J connectivity index is 1.69. The Morgan fingerprint density at radius 1 is 1.00 bits per heavy atom. The zero-order chi connectivity index (χ0) is 16.7. The van der Waals surface area contributed by atoms with Crippen LogP contribution >= 0.6 is 0 Å². The first-order valence-corrected chi connectivity index (χ1v) is 8.47. The lowest BCUT2D eigenvalue weighted by atomic mass is 9.90. The molecule has 2 amide bonds. The summed E-state index contributed by atoms with van der Waals surface area (Å²) in [4.78, 5) is 26.5. The third-order valence-corrected chi connectivity index (χ3v) is 5.15. The van der Waals surface area contributed by atoms with E-state index in [0.29, 0.717) is 12.1 Å². The molecule has 0 spiro atoms. The molecule has 0 bridgehead atoms. The molecule has 1 unspecified atom stereocenters. The number of amides is 2. The number of benzene rings is 2. The Hall–Kier alpha value is -2.62. The fraction of sp³-hybridized carbons (Fsp3) is 0.300. The van der Waals surface area contributed by atoms with E-state index >= 15 is 0 Å². The van der Waals surface area contributed by atoms with Gasteiger partial charge >= 0.3 is 0 Å². The standard InChI is InChI=1S/C20H20N2O2/c21-19(23)17-12-22(18-8-4-3-7-16(17)18)20(24)15-10-9-13-5-1-2-6-14(13)11-15/h3-4,7-11,17H,1-2,5-6,12H2,(H2,21,23). The minimum atomic E-state index is -0.428. The van der Waals surface area contributed by atoms with E-state index in [1.807, 2.05) is 36.4 Å². The summed E-state index contributed by atoms with van der Waals surface area (Å²) in [5, 5.41) is 0. The first-order valence-electron chi connectivity index (χ1n) is 8.47. The highest BCUT2D eigenvalue weighted by Gasteiger charge is 2.35. The van der Waals surface area contributed by atoms with Crippen molar-refractivity contribution in [2.75, 3.05) is 11.4 Å². The number of hydrogen-bond acceptors (Lipinski definition) is 2. The van der Waals surface area contributed by atoms with Crippen LogP contribution in [0.3, 0.4) is 0 Å². The maximum atomic E-state index is 13.0. The number of fused-ring (bicyclic) bond motifs is 2.